The van der Waals surface area contributed by atoms with Gasteiger partial charge in [0.15, 0.2) is 0 Å². The van der Waals surface area contributed by atoms with Crippen LogP contribution in [0.3, 0.4) is 0 Å². The highest BCUT2D eigenvalue weighted by Crippen LogP contribution is 2.17. The average Bonchev–Trinajstić information content (AvgIpc) is 2.37. The third kappa shape index (κ3) is 18.1. The van der Waals surface area contributed by atoms with Crippen molar-refractivity contribution in [2.45, 2.75) is 0 Å². The lowest BCUT2D eigenvalue weighted by Gasteiger charge is -2.10. The first kappa shape index (κ1) is 23.4. The van der Waals surface area contributed by atoms with Crippen LogP contribution in [0.25, 0.3) is 0 Å². The molecule has 0 fully saturated rings. The molecule has 0 radical (unpaired) electrons. The molecule has 10 heteroatoms. The maximum absolute atomic E-state index is 11.0. The zero-order chi connectivity index (χ0) is 18.6. The number of amides is 1. The van der Waals surface area contributed by atoms with Crippen molar-refractivity contribution in [2.75, 3.05) is 42.3 Å². The van der Waals surface area contributed by atoms with Gasteiger partial charge in [0.05, 0.1) is 7.11 Å². The fourth-order valence-electron chi connectivity index (χ4n) is 0.739. The van der Waals surface area contributed by atoms with E-state index in [2.05, 4.69) is 4.18 Å². The highest BCUT2D eigenvalue weighted by molar-refractivity contribution is 7.80. The summed E-state index contributed by atoms with van der Waals surface area (Å²) in [5, 5.41) is 9.06. The Hall–Kier alpha value is -1.88. The van der Waals surface area contributed by atoms with Gasteiger partial charge < -0.3 is 19.6 Å². The second-order valence-electron chi connectivity index (χ2n) is 4.70. The third-order valence-corrected chi connectivity index (χ3v) is 2.02. The van der Waals surface area contributed by atoms with Crippen molar-refractivity contribution in [3.05, 3.63) is 24.3 Å². The van der Waals surface area contributed by atoms with E-state index in [1.165, 1.54) is 17.0 Å². The minimum absolute atomic E-state index is 0.0732. The Morgan fingerprint density at radius 1 is 1.13 bits per heavy atom. The van der Waals surface area contributed by atoms with Gasteiger partial charge in [0.2, 0.25) is 0 Å². The number of ether oxygens (including phenoxy) is 1. The Balaban J connectivity index is 0. The standard InChI is InChI=1S/C9H11NO3.C3H9N.CH4O4S/c1-10(2)9(12)13-8-5-3-4-7(11)6-8;1-4(2)3;1-5-6(2,3)4/h3-6,11H,1-2H3;1-3H3;1H3,(H,2,3,4). The quantitative estimate of drug-likeness (QED) is 0.759. The molecule has 1 amide bonds. The molecule has 1 aromatic carbocycles. The summed E-state index contributed by atoms with van der Waals surface area (Å²) in [6.45, 7) is 0. The van der Waals surface area contributed by atoms with Crippen molar-refractivity contribution in [2.24, 2.45) is 0 Å². The summed E-state index contributed by atoms with van der Waals surface area (Å²) in [5.41, 5.74) is 0. The van der Waals surface area contributed by atoms with Crippen molar-refractivity contribution >= 4 is 16.5 Å². The Morgan fingerprint density at radius 3 is 1.87 bits per heavy atom. The second-order valence-corrected chi connectivity index (χ2v) is 5.88. The normalized spacial score (nSPS) is 9.91. The maximum atomic E-state index is 11.0. The fraction of sp³-hybridized carbons (Fsp3) is 0.462. The number of aromatic hydroxyl groups is 1. The first-order chi connectivity index (χ1) is 10.4. The van der Waals surface area contributed by atoms with Crippen LogP contribution in [0.4, 0.5) is 4.79 Å². The Labute approximate surface area is 137 Å². The minimum atomic E-state index is -4.16. The molecule has 0 bridgehead atoms. The molecule has 0 saturated heterocycles. The molecule has 0 aliphatic carbocycles. The summed E-state index contributed by atoms with van der Waals surface area (Å²) < 4.78 is 34.6. The number of carbonyl (C=O) groups excluding carboxylic acids is 1. The summed E-state index contributed by atoms with van der Waals surface area (Å²) in [6, 6.07) is 6.09. The van der Waals surface area contributed by atoms with E-state index in [1.54, 1.807) is 26.2 Å². The topological polar surface area (TPSA) is 117 Å². The summed E-state index contributed by atoms with van der Waals surface area (Å²) in [5.74, 6) is 0.405. The van der Waals surface area contributed by atoms with Gasteiger partial charge in [-0.1, -0.05) is 6.07 Å². The molecule has 134 valence electrons. The average molecular weight is 352 g/mol. The van der Waals surface area contributed by atoms with Crippen molar-refractivity contribution in [3.8, 4) is 11.5 Å². The molecular formula is C13H24N2O7S. The predicted molar refractivity (Wildman–Crippen MR) is 86.0 cm³/mol. The van der Waals surface area contributed by atoms with Gasteiger partial charge in [-0.2, -0.15) is 8.42 Å². The number of carbonyl (C=O) groups is 1. The van der Waals surface area contributed by atoms with Gasteiger partial charge in [0.1, 0.15) is 11.5 Å². The van der Waals surface area contributed by atoms with E-state index in [9.17, 15) is 13.2 Å². The van der Waals surface area contributed by atoms with Gasteiger partial charge >= 0.3 is 16.5 Å². The van der Waals surface area contributed by atoms with Crippen LogP contribution < -0.4 is 4.74 Å². The molecular weight excluding hydrogens is 328 g/mol. The summed E-state index contributed by atoms with van der Waals surface area (Å²) in [4.78, 5) is 14.4. The van der Waals surface area contributed by atoms with Crippen LogP contribution in [0.1, 0.15) is 0 Å². The van der Waals surface area contributed by atoms with Crippen LogP contribution in [0.15, 0.2) is 24.3 Å². The molecule has 0 aromatic heterocycles. The number of hydrogen-bond donors (Lipinski definition) is 2. The van der Waals surface area contributed by atoms with Gasteiger partial charge in [-0.05, 0) is 33.3 Å². The Bertz CT molecular complexity index is 556. The van der Waals surface area contributed by atoms with E-state index >= 15 is 0 Å². The van der Waals surface area contributed by atoms with E-state index in [4.69, 9.17) is 14.4 Å². The molecule has 0 aliphatic rings. The number of nitrogens with zero attached hydrogens (tertiary/aromatic N) is 2. The third-order valence-electron chi connectivity index (χ3n) is 1.60. The molecule has 9 nitrogen and oxygen atoms in total. The summed E-state index contributed by atoms with van der Waals surface area (Å²) in [7, 11) is 5.89. The highest BCUT2D eigenvalue weighted by atomic mass is 32.3. The Morgan fingerprint density at radius 2 is 1.57 bits per heavy atom. The lowest BCUT2D eigenvalue weighted by molar-refractivity contribution is 0.172. The van der Waals surface area contributed by atoms with Gasteiger partial charge in [0, 0.05) is 20.2 Å². The fourth-order valence-corrected chi connectivity index (χ4v) is 0.739. The SMILES string of the molecule is CN(C)C.CN(C)C(=O)Oc1cccc(O)c1.COS(=O)(=O)O. The van der Waals surface area contributed by atoms with E-state index in [0.717, 1.165) is 7.11 Å². The molecule has 1 rings (SSSR count). The zero-order valence-electron chi connectivity index (χ0n) is 14.0. The Kier molecular flexibility index (Phi) is 11.9. The predicted octanol–water partition coefficient (Wildman–Crippen LogP) is 1.07. The van der Waals surface area contributed by atoms with Crippen molar-refractivity contribution in [1.29, 1.82) is 0 Å². The van der Waals surface area contributed by atoms with Gasteiger partial charge in [0.25, 0.3) is 0 Å². The van der Waals surface area contributed by atoms with Crippen LogP contribution in [0.5, 0.6) is 11.5 Å². The number of phenolic OH excluding ortho intramolecular Hbond substituents is 1. The molecule has 0 aliphatic heterocycles. The molecule has 23 heavy (non-hydrogen) atoms. The van der Waals surface area contributed by atoms with E-state index in [-0.39, 0.29) is 5.75 Å². The van der Waals surface area contributed by atoms with Crippen LogP contribution in [0.2, 0.25) is 0 Å². The molecule has 0 saturated carbocycles. The van der Waals surface area contributed by atoms with Crippen molar-refractivity contribution in [1.82, 2.24) is 9.80 Å². The van der Waals surface area contributed by atoms with Crippen molar-refractivity contribution in [3.63, 3.8) is 0 Å². The smallest absolute Gasteiger partial charge is 0.414 e. The van der Waals surface area contributed by atoms with Gasteiger partial charge in [-0.25, -0.2) is 4.79 Å². The van der Waals surface area contributed by atoms with E-state index in [0.29, 0.717) is 5.75 Å². The zero-order valence-corrected chi connectivity index (χ0v) is 14.9. The van der Waals surface area contributed by atoms with Crippen LogP contribution in [-0.4, -0.2) is 76.3 Å². The molecule has 2 N–H and O–H groups in total. The van der Waals surface area contributed by atoms with Crippen molar-refractivity contribution < 1.29 is 31.8 Å². The first-order valence-corrected chi connectivity index (χ1v) is 7.57. The summed E-state index contributed by atoms with van der Waals surface area (Å²) >= 11 is 0. The molecule has 0 atom stereocenters. The summed E-state index contributed by atoms with van der Waals surface area (Å²) in [6.07, 6.45) is -0.467. The maximum Gasteiger partial charge on any atom is 0.414 e. The highest BCUT2D eigenvalue weighted by Gasteiger charge is 2.06. The second kappa shape index (κ2) is 11.7. The number of rotatable bonds is 2. The van der Waals surface area contributed by atoms with Crippen LogP contribution in [0, 0.1) is 0 Å². The first-order valence-electron chi connectivity index (χ1n) is 6.21. The minimum Gasteiger partial charge on any atom is -0.508 e. The molecule has 0 heterocycles. The van der Waals surface area contributed by atoms with Crippen LogP contribution in [-0.2, 0) is 14.6 Å². The van der Waals surface area contributed by atoms with E-state index in [1.807, 2.05) is 26.0 Å². The number of hydrogen-bond acceptors (Lipinski definition) is 7. The largest absolute Gasteiger partial charge is 0.508 e. The molecule has 0 spiro atoms. The lowest BCUT2D eigenvalue weighted by atomic mass is 10.3. The molecule has 1 aromatic rings. The van der Waals surface area contributed by atoms with Gasteiger partial charge in [-0.15, -0.1) is 0 Å². The lowest BCUT2D eigenvalue weighted by Crippen LogP contribution is -2.25. The number of phenols is 1. The molecule has 0 unspecified atom stereocenters. The number of benzene rings is 1. The van der Waals surface area contributed by atoms with Gasteiger partial charge in [-0.3, -0.25) is 8.74 Å². The van der Waals surface area contributed by atoms with Crippen LogP contribution >= 0.6 is 0 Å². The van der Waals surface area contributed by atoms with E-state index < -0.39 is 16.5 Å². The monoisotopic (exact) mass is 352 g/mol.